The van der Waals surface area contributed by atoms with E-state index in [1.165, 1.54) is 17.8 Å². The first-order chi connectivity index (χ1) is 8.91. The lowest BCUT2D eigenvalue weighted by molar-refractivity contribution is -0.118. The molecule has 0 bridgehead atoms. The molecule has 0 aliphatic rings. The Morgan fingerprint density at radius 3 is 2.74 bits per heavy atom. The van der Waals surface area contributed by atoms with E-state index in [1.807, 2.05) is 13.8 Å². The van der Waals surface area contributed by atoms with Crippen LogP contribution in [0.5, 0.6) is 0 Å². The van der Waals surface area contributed by atoms with Crippen LogP contribution in [0.25, 0.3) is 0 Å². The number of hydrogen-bond acceptors (Lipinski definition) is 4. The Bertz CT molecular complexity index is 499. The molecule has 1 amide bonds. The minimum Gasteiger partial charge on any atom is -0.381 e. The van der Waals surface area contributed by atoms with Crippen LogP contribution in [0.15, 0.2) is 11.0 Å². The lowest BCUT2D eigenvalue weighted by Crippen LogP contribution is -2.28. The molecule has 6 nitrogen and oxygen atoms in total. The summed E-state index contributed by atoms with van der Waals surface area (Å²) >= 11 is 6.00. The zero-order valence-electron chi connectivity index (χ0n) is 11.4. The van der Waals surface area contributed by atoms with Gasteiger partial charge in [-0.3, -0.25) is 9.59 Å². The third kappa shape index (κ3) is 4.90. The van der Waals surface area contributed by atoms with Gasteiger partial charge in [-0.25, -0.2) is 4.68 Å². The Hall–Kier alpha value is -1.56. The minimum absolute atomic E-state index is 0.0987. The smallest absolute Gasteiger partial charge is 0.287 e. The molecule has 106 valence electrons. The molecular formula is C12H19ClN4O2. The summed E-state index contributed by atoms with van der Waals surface area (Å²) in [5.74, 6) is 0.221. The molecule has 0 saturated heterocycles. The maximum atomic E-state index is 11.9. The number of nitrogens with one attached hydrogen (secondary N) is 2. The molecule has 7 heteroatoms. The van der Waals surface area contributed by atoms with Crippen molar-refractivity contribution in [3.63, 3.8) is 0 Å². The number of amides is 1. The first-order valence-electron chi connectivity index (χ1n) is 6.15. The molecule has 0 spiro atoms. The molecule has 1 aromatic heterocycles. The molecule has 2 N–H and O–H groups in total. The fraction of sp³-hybridized carbons (Fsp3) is 0.583. The molecule has 1 aromatic rings. The minimum atomic E-state index is -0.306. The van der Waals surface area contributed by atoms with Crippen LogP contribution in [-0.2, 0) is 11.3 Å². The average molecular weight is 287 g/mol. The zero-order valence-corrected chi connectivity index (χ0v) is 12.1. The summed E-state index contributed by atoms with van der Waals surface area (Å²) in [6.45, 7) is 6.92. The predicted molar refractivity (Wildman–Crippen MR) is 75.5 cm³/mol. The summed E-state index contributed by atoms with van der Waals surface area (Å²) in [6, 6.07) is 0. The molecule has 1 heterocycles. The van der Waals surface area contributed by atoms with Crippen LogP contribution in [0.4, 0.5) is 5.69 Å². The monoisotopic (exact) mass is 286 g/mol. The molecule has 0 radical (unpaired) electrons. The van der Waals surface area contributed by atoms with Crippen molar-refractivity contribution in [2.45, 2.75) is 27.3 Å². The highest BCUT2D eigenvalue weighted by Crippen LogP contribution is 2.14. The second-order valence-corrected chi connectivity index (χ2v) is 5.04. The van der Waals surface area contributed by atoms with Crippen molar-refractivity contribution in [1.29, 1.82) is 0 Å². The molecular weight excluding hydrogens is 268 g/mol. The van der Waals surface area contributed by atoms with Gasteiger partial charge in [0.05, 0.1) is 11.9 Å². The summed E-state index contributed by atoms with van der Waals surface area (Å²) in [5, 5.41) is 9.79. The molecule has 0 saturated carbocycles. The van der Waals surface area contributed by atoms with Crippen molar-refractivity contribution in [2.75, 3.05) is 18.4 Å². The van der Waals surface area contributed by atoms with Crippen LogP contribution >= 0.6 is 11.6 Å². The number of hydrogen-bond donors (Lipinski definition) is 2. The fourth-order valence-electron chi connectivity index (χ4n) is 1.50. The number of carbonyl (C=O) groups excluding carboxylic acids is 1. The Kier molecular flexibility index (Phi) is 5.82. The van der Waals surface area contributed by atoms with Crippen LogP contribution in [0, 0.1) is 5.92 Å². The second kappa shape index (κ2) is 7.13. The van der Waals surface area contributed by atoms with Crippen molar-refractivity contribution >= 4 is 23.2 Å². The van der Waals surface area contributed by atoms with E-state index in [2.05, 4.69) is 15.7 Å². The summed E-state index contributed by atoms with van der Waals surface area (Å²) in [5.41, 5.74) is 0.178. The molecule has 0 aliphatic carbocycles. The van der Waals surface area contributed by atoms with Crippen LogP contribution in [0.2, 0.25) is 5.02 Å². The van der Waals surface area contributed by atoms with Crippen molar-refractivity contribution in [3.8, 4) is 0 Å². The van der Waals surface area contributed by atoms with Gasteiger partial charge in [-0.1, -0.05) is 25.4 Å². The third-order valence-corrected chi connectivity index (χ3v) is 2.70. The molecule has 0 fully saturated rings. The maximum absolute atomic E-state index is 11.9. The van der Waals surface area contributed by atoms with E-state index in [0.29, 0.717) is 31.2 Å². The Morgan fingerprint density at radius 1 is 1.47 bits per heavy atom. The highest BCUT2D eigenvalue weighted by Gasteiger charge is 2.09. The molecule has 19 heavy (non-hydrogen) atoms. The van der Waals surface area contributed by atoms with Gasteiger partial charge in [-0.05, 0) is 5.92 Å². The molecule has 0 atom stereocenters. The van der Waals surface area contributed by atoms with Crippen molar-refractivity contribution in [2.24, 2.45) is 5.92 Å². The average Bonchev–Trinajstić information content (AvgIpc) is 2.32. The third-order valence-electron chi connectivity index (χ3n) is 2.34. The van der Waals surface area contributed by atoms with E-state index < -0.39 is 0 Å². The highest BCUT2D eigenvalue weighted by atomic mass is 35.5. The predicted octanol–water partition coefficient (Wildman–Crippen LogP) is 1.10. The molecule has 0 aliphatic heterocycles. The number of carbonyl (C=O) groups is 1. The quantitative estimate of drug-likeness (QED) is 0.768. The lowest BCUT2D eigenvalue weighted by Gasteiger charge is -2.11. The Labute approximate surface area is 117 Å². The van der Waals surface area contributed by atoms with Gasteiger partial charge in [0.1, 0.15) is 5.02 Å². The van der Waals surface area contributed by atoms with E-state index in [1.54, 1.807) is 0 Å². The summed E-state index contributed by atoms with van der Waals surface area (Å²) in [7, 11) is 0. The lowest BCUT2D eigenvalue weighted by atomic mass is 10.2. The van der Waals surface area contributed by atoms with Crippen LogP contribution < -0.4 is 16.2 Å². The van der Waals surface area contributed by atoms with Crippen LogP contribution in [0.3, 0.4) is 0 Å². The maximum Gasteiger partial charge on any atom is 0.287 e. The van der Waals surface area contributed by atoms with E-state index in [4.69, 9.17) is 11.6 Å². The second-order valence-electron chi connectivity index (χ2n) is 4.66. The van der Waals surface area contributed by atoms with Gasteiger partial charge in [-0.15, -0.1) is 0 Å². The van der Waals surface area contributed by atoms with E-state index >= 15 is 0 Å². The van der Waals surface area contributed by atoms with Gasteiger partial charge in [-0.2, -0.15) is 5.10 Å². The number of nitrogens with zero attached hydrogens (tertiary/aromatic N) is 2. The van der Waals surface area contributed by atoms with Gasteiger partial charge in [0.25, 0.3) is 5.56 Å². The highest BCUT2D eigenvalue weighted by molar-refractivity contribution is 6.32. The summed E-state index contributed by atoms with van der Waals surface area (Å²) < 4.78 is 1.35. The zero-order chi connectivity index (χ0) is 14.4. The first kappa shape index (κ1) is 15.5. The Balaban J connectivity index is 2.68. The van der Waals surface area contributed by atoms with Gasteiger partial charge < -0.3 is 10.6 Å². The van der Waals surface area contributed by atoms with Gasteiger partial charge in [0.2, 0.25) is 5.91 Å². The SMILES string of the molecule is CC(=O)NCCNc1cnn(CC(C)C)c(=O)c1Cl. The number of anilines is 1. The largest absolute Gasteiger partial charge is 0.381 e. The van der Waals surface area contributed by atoms with E-state index in [-0.39, 0.29) is 16.5 Å². The van der Waals surface area contributed by atoms with Crippen molar-refractivity contribution < 1.29 is 4.79 Å². The normalized spacial score (nSPS) is 10.6. The van der Waals surface area contributed by atoms with Crippen LogP contribution in [0.1, 0.15) is 20.8 Å². The van der Waals surface area contributed by atoms with E-state index in [0.717, 1.165) is 0 Å². The molecule has 0 unspecified atom stereocenters. The number of rotatable bonds is 6. The number of halogens is 1. The van der Waals surface area contributed by atoms with Gasteiger partial charge in [0.15, 0.2) is 0 Å². The number of aromatic nitrogens is 2. The topological polar surface area (TPSA) is 76.0 Å². The molecule has 1 rings (SSSR count). The van der Waals surface area contributed by atoms with Gasteiger partial charge in [0, 0.05) is 26.6 Å². The van der Waals surface area contributed by atoms with Gasteiger partial charge >= 0.3 is 0 Å². The van der Waals surface area contributed by atoms with Crippen molar-refractivity contribution in [3.05, 3.63) is 21.6 Å². The first-order valence-corrected chi connectivity index (χ1v) is 6.53. The standard InChI is InChI=1S/C12H19ClN4O2/c1-8(2)7-17-12(19)11(13)10(6-16-17)15-5-4-14-9(3)18/h6,8,15H,4-5,7H2,1-3H3,(H,14,18). The fourth-order valence-corrected chi connectivity index (χ4v) is 1.71. The summed E-state index contributed by atoms with van der Waals surface area (Å²) in [4.78, 5) is 22.6. The summed E-state index contributed by atoms with van der Waals surface area (Å²) in [6.07, 6.45) is 1.53. The van der Waals surface area contributed by atoms with Crippen molar-refractivity contribution in [1.82, 2.24) is 15.1 Å². The molecule has 0 aromatic carbocycles. The van der Waals surface area contributed by atoms with E-state index in [9.17, 15) is 9.59 Å². The van der Waals surface area contributed by atoms with Crippen LogP contribution in [-0.4, -0.2) is 28.8 Å². The Morgan fingerprint density at radius 2 is 2.16 bits per heavy atom.